The van der Waals surface area contributed by atoms with Gasteiger partial charge >= 0.3 is 0 Å². The van der Waals surface area contributed by atoms with E-state index in [9.17, 15) is 20.0 Å². The first kappa shape index (κ1) is 29.4. The van der Waals surface area contributed by atoms with Crippen molar-refractivity contribution in [1.82, 2.24) is 9.80 Å². The molecule has 2 aromatic carbocycles. The molecule has 0 unspecified atom stereocenters. The highest BCUT2D eigenvalue weighted by Gasteiger charge is 2.61. The molecule has 8 nitrogen and oxygen atoms in total. The van der Waals surface area contributed by atoms with Crippen molar-refractivity contribution in [3.8, 4) is 0 Å². The van der Waals surface area contributed by atoms with E-state index >= 15 is 0 Å². The van der Waals surface area contributed by atoms with Crippen LogP contribution in [-0.4, -0.2) is 78.8 Å². The Morgan fingerprint density at radius 2 is 0.850 bits per heavy atom. The predicted molar refractivity (Wildman–Crippen MR) is 158 cm³/mol. The van der Waals surface area contributed by atoms with Gasteiger partial charge in [-0.15, -0.1) is 0 Å². The molecular formula is C32H40N4O4. The van der Waals surface area contributed by atoms with Crippen molar-refractivity contribution in [2.75, 3.05) is 14.1 Å². The van der Waals surface area contributed by atoms with E-state index in [1.165, 1.54) is 0 Å². The van der Waals surface area contributed by atoms with Crippen LogP contribution in [0.1, 0.15) is 76.1 Å². The Kier molecular flexibility index (Phi) is 6.97. The number of hydrogen-bond acceptors (Lipinski definition) is 6. The van der Waals surface area contributed by atoms with E-state index in [-0.39, 0.29) is 22.6 Å². The second-order valence-electron chi connectivity index (χ2n) is 12.7. The van der Waals surface area contributed by atoms with Crippen molar-refractivity contribution in [3.05, 3.63) is 93.4 Å². The summed E-state index contributed by atoms with van der Waals surface area (Å²) in [6, 6.07) is 17.2. The minimum atomic E-state index is -1.02. The van der Waals surface area contributed by atoms with Crippen LogP contribution in [0.4, 0.5) is 0 Å². The van der Waals surface area contributed by atoms with Gasteiger partial charge in [-0.3, -0.25) is 9.59 Å². The second kappa shape index (κ2) is 9.49. The first-order valence-electron chi connectivity index (χ1n) is 13.5. The van der Waals surface area contributed by atoms with Gasteiger partial charge in [0.05, 0.1) is 0 Å². The van der Waals surface area contributed by atoms with E-state index in [0.29, 0.717) is 11.1 Å². The van der Waals surface area contributed by atoms with Crippen molar-refractivity contribution < 1.29 is 19.1 Å². The van der Waals surface area contributed by atoms with Gasteiger partial charge in [-0.1, -0.05) is 60.7 Å². The minimum Gasteiger partial charge on any atom is -0.622 e. The molecule has 8 heteroatoms. The zero-order chi connectivity index (χ0) is 30.0. The summed E-state index contributed by atoms with van der Waals surface area (Å²) in [6.07, 6.45) is 0. The van der Waals surface area contributed by atoms with Gasteiger partial charge in [-0.2, -0.15) is 9.48 Å². The highest BCUT2D eigenvalue weighted by atomic mass is 16.5. The fraction of sp³-hybridized carbons (Fsp3) is 0.438. The van der Waals surface area contributed by atoms with Gasteiger partial charge in [-0.05, 0) is 41.8 Å². The lowest BCUT2D eigenvalue weighted by Gasteiger charge is -2.33. The first-order valence-corrected chi connectivity index (χ1v) is 13.5. The SMILES string of the molecule is CN1C(C)(C)C(/C(C(=O)c2ccccc2)=C(\C(=O)c2ccccc2)C2=[N+]([O-])C(C)(C)N(C)C2(C)C)=[N+]([O-])C1(C)C. The highest BCUT2D eigenvalue weighted by Crippen LogP contribution is 2.41. The van der Waals surface area contributed by atoms with Gasteiger partial charge in [-0.25, -0.2) is 9.80 Å². The molecule has 0 saturated heterocycles. The smallest absolute Gasteiger partial charge is 0.224 e. The van der Waals surface area contributed by atoms with Gasteiger partial charge in [0.15, 0.2) is 11.6 Å². The molecule has 40 heavy (non-hydrogen) atoms. The number of ketones is 2. The average molecular weight is 545 g/mol. The molecule has 0 atom stereocenters. The molecule has 0 spiro atoms. The molecule has 212 valence electrons. The standard InChI is InChI=1S/C32H40N4O4/c1-29(2)27(35(39)31(5,6)33(29)9)23(25(37)21-17-13-11-14-18-21)24(26(38)22-19-15-12-16-20-22)28-30(3,4)34(10)32(7,8)36(28)40/h11-20H,1-10H3/b24-23+. The number of hydroxylamine groups is 2. The molecule has 0 amide bonds. The molecule has 4 rings (SSSR count). The van der Waals surface area contributed by atoms with E-state index in [2.05, 4.69) is 0 Å². The van der Waals surface area contributed by atoms with E-state index < -0.39 is 34.0 Å². The fourth-order valence-electron chi connectivity index (χ4n) is 5.96. The topological polar surface area (TPSA) is 92.8 Å². The summed E-state index contributed by atoms with van der Waals surface area (Å²) < 4.78 is 1.65. The van der Waals surface area contributed by atoms with Crippen LogP contribution in [0.2, 0.25) is 0 Å². The second-order valence-corrected chi connectivity index (χ2v) is 12.7. The van der Waals surface area contributed by atoms with Crippen LogP contribution in [0.3, 0.4) is 0 Å². The maximum absolute atomic E-state index is 14.6. The molecule has 0 saturated carbocycles. The summed E-state index contributed by atoms with van der Waals surface area (Å²) >= 11 is 0. The Labute approximate surface area is 237 Å². The molecule has 2 aliphatic heterocycles. The van der Waals surface area contributed by atoms with E-state index in [1.807, 2.05) is 51.6 Å². The number of carbonyl (C=O) groups is 2. The van der Waals surface area contributed by atoms with Gasteiger partial charge in [0.1, 0.15) is 22.2 Å². The summed E-state index contributed by atoms with van der Waals surface area (Å²) in [7, 11) is 3.65. The Bertz CT molecular complexity index is 1350. The number of benzene rings is 2. The molecule has 0 N–H and O–H groups in total. The Morgan fingerprint density at radius 1 is 0.575 bits per heavy atom. The Morgan fingerprint density at radius 3 is 1.07 bits per heavy atom. The first-order chi connectivity index (χ1) is 18.4. The number of hydrogen-bond donors (Lipinski definition) is 0. The van der Waals surface area contributed by atoms with E-state index in [4.69, 9.17) is 0 Å². The third kappa shape index (κ3) is 4.12. The molecule has 0 aliphatic carbocycles. The average Bonchev–Trinajstić information content (AvgIpc) is 3.11. The summed E-state index contributed by atoms with van der Waals surface area (Å²) in [5.41, 5.74) is -3.11. The molecule has 0 radical (unpaired) electrons. The molecule has 0 fully saturated rings. The zero-order valence-electron chi connectivity index (χ0n) is 25.2. The lowest BCUT2D eigenvalue weighted by atomic mass is 9.78. The van der Waals surface area contributed by atoms with Crippen LogP contribution in [0.5, 0.6) is 0 Å². The lowest BCUT2D eigenvalue weighted by Crippen LogP contribution is -2.52. The van der Waals surface area contributed by atoms with Gasteiger partial charge in [0, 0.05) is 38.8 Å². The molecule has 2 heterocycles. The van der Waals surface area contributed by atoms with E-state index in [1.54, 1.807) is 88.4 Å². The van der Waals surface area contributed by atoms with Gasteiger partial charge < -0.3 is 10.4 Å². The van der Waals surface area contributed by atoms with Crippen LogP contribution in [0.15, 0.2) is 71.8 Å². The number of carbonyl (C=O) groups excluding carboxylic acids is 2. The quantitative estimate of drug-likeness (QED) is 0.223. The van der Waals surface area contributed by atoms with Gasteiger partial charge in [0.25, 0.3) is 0 Å². The van der Waals surface area contributed by atoms with Crippen LogP contribution < -0.4 is 0 Å². The van der Waals surface area contributed by atoms with E-state index in [0.717, 1.165) is 9.48 Å². The fourth-order valence-corrected chi connectivity index (χ4v) is 5.96. The predicted octanol–water partition coefficient (Wildman–Crippen LogP) is 4.87. The third-order valence-corrected chi connectivity index (χ3v) is 9.13. The maximum atomic E-state index is 14.6. The minimum absolute atomic E-state index is 0.0486. The number of Topliss-reactive ketones (excluding diaryl/α,β-unsaturated/α-hetero) is 2. The highest BCUT2D eigenvalue weighted by molar-refractivity contribution is 6.41. The van der Waals surface area contributed by atoms with Crippen LogP contribution in [0, 0.1) is 10.4 Å². The zero-order valence-corrected chi connectivity index (χ0v) is 25.2. The maximum Gasteiger partial charge on any atom is 0.224 e. The summed E-state index contributed by atoms with van der Waals surface area (Å²) in [6.45, 7) is 14.6. The number of nitrogens with zero attached hydrogens (tertiary/aromatic N) is 4. The van der Waals surface area contributed by atoms with Crippen molar-refractivity contribution in [2.24, 2.45) is 0 Å². The van der Waals surface area contributed by atoms with Crippen molar-refractivity contribution in [3.63, 3.8) is 0 Å². The van der Waals surface area contributed by atoms with Crippen molar-refractivity contribution >= 4 is 23.0 Å². The normalized spacial score (nSPS) is 22.4. The van der Waals surface area contributed by atoms with Crippen molar-refractivity contribution in [2.45, 2.75) is 77.8 Å². The van der Waals surface area contributed by atoms with Crippen LogP contribution in [-0.2, 0) is 0 Å². The van der Waals surface area contributed by atoms with Crippen LogP contribution in [0.25, 0.3) is 0 Å². The van der Waals surface area contributed by atoms with Gasteiger partial charge in [0.2, 0.25) is 22.7 Å². The molecular weight excluding hydrogens is 504 g/mol. The Hall–Kier alpha value is -3.62. The summed E-state index contributed by atoms with van der Waals surface area (Å²) in [5, 5.41) is 28.3. The molecule has 2 aromatic rings. The number of rotatable bonds is 6. The molecule has 0 aromatic heterocycles. The Balaban J connectivity index is 2.26. The molecule has 0 bridgehead atoms. The summed E-state index contributed by atoms with van der Waals surface area (Å²) in [4.78, 5) is 33.0. The summed E-state index contributed by atoms with van der Waals surface area (Å²) in [5.74, 6) is -0.974. The largest absolute Gasteiger partial charge is 0.622 e. The monoisotopic (exact) mass is 544 g/mol. The third-order valence-electron chi connectivity index (χ3n) is 9.13. The molecule has 2 aliphatic rings. The van der Waals surface area contributed by atoms with Crippen molar-refractivity contribution in [1.29, 1.82) is 0 Å². The van der Waals surface area contributed by atoms with Crippen LogP contribution >= 0.6 is 0 Å². The lowest BCUT2D eigenvalue weighted by molar-refractivity contribution is -0.557.